The first-order valence-corrected chi connectivity index (χ1v) is 6.98. The van der Waals surface area contributed by atoms with E-state index in [0.29, 0.717) is 25.9 Å². The van der Waals surface area contributed by atoms with E-state index >= 15 is 0 Å². The number of nitrogens with zero attached hydrogens (tertiary/aromatic N) is 1. The van der Waals surface area contributed by atoms with Crippen LogP contribution in [0.3, 0.4) is 0 Å². The number of urea groups is 1. The first-order chi connectivity index (χ1) is 9.61. The average Bonchev–Trinajstić information content (AvgIpc) is 3.06. The van der Waals surface area contributed by atoms with Gasteiger partial charge in [-0.05, 0) is 24.0 Å². The van der Waals surface area contributed by atoms with Gasteiger partial charge < -0.3 is 15.3 Å². The highest BCUT2D eigenvalue weighted by Crippen LogP contribution is 2.30. The van der Waals surface area contributed by atoms with Gasteiger partial charge in [0.25, 0.3) is 0 Å². The van der Waals surface area contributed by atoms with Crippen molar-refractivity contribution in [1.29, 1.82) is 0 Å². The molecular weight excluding hydrogens is 256 g/mol. The fourth-order valence-electron chi connectivity index (χ4n) is 3.11. The van der Waals surface area contributed by atoms with Crippen LogP contribution in [0.2, 0.25) is 0 Å². The average molecular weight is 274 g/mol. The van der Waals surface area contributed by atoms with Gasteiger partial charge in [0.1, 0.15) is 5.54 Å². The third-order valence-corrected chi connectivity index (χ3v) is 4.25. The highest BCUT2D eigenvalue weighted by molar-refractivity contribution is 5.88. The zero-order valence-corrected chi connectivity index (χ0v) is 11.3. The number of carboxylic acid groups (broad SMARTS) is 1. The van der Waals surface area contributed by atoms with E-state index in [9.17, 15) is 14.7 Å². The van der Waals surface area contributed by atoms with E-state index in [4.69, 9.17) is 0 Å². The molecule has 0 radical (unpaired) electrons. The van der Waals surface area contributed by atoms with Gasteiger partial charge in [-0.15, -0.1) is 0 Å². The Bertz CT molecular complexity index is 525. The number of hydrogen-bond donors (Lipinski definition) is 2. The molecule has 1 aromatic carbocycles. The summed E-state index contributed by atoms with van der Waals surface area (Å²) in [6.07, 6.45) is 2.71. The number of fused-ring (bicyclic) bond motifs is 1. The molecule has 5 heteroatoms. The molecule has 2 aliphatic rings. The molecule has 0 unspecified atom stereocenters. The molecule has 0 aromatic heterocycles. The molecule has 2 amide bonds. The second kappa shape index (κ2) is 4.81. The Morgan fingerprint density at radius 2 is 1.65 bits per heavy atom. The van der Waals surface area contributed by atoms with E-state index in [1.165, 1.54) is 0 Å². The van der Waals surface area contributed by atoms with Crippen LogP contribution in [-0.4, -0.2) is 40.6 Å². The Morgan fingerprint density at radius 3 is 2.15 bits per heavy atom. The largest absolute Gasteiger partial charge is 0.479 e. The lowest BCUT2D eigenvalue weighted by Crippen LogP contribution is -2.58. The van der Waals surface area contributed by atoms with Crippen LogP contribution in [-0.2, 0) is 17.6 Å². The molecule has 1 aliphatic carbocycles. The van der Waals surface area contributed by atoms with Crippen molar-refractivity contribution in [1.82, 2.24) is 10.2 Å². The maximum Gasteiger partial charge on any atom is 0.330 e. The summed E-state index contributed by atoms with van der Waals surface area (Å²) in [6, 6.07) is 7.42. The first kappa shape index (κ1) is 13.0. The second-order valence-electron chi connectivity index (χ2n) is 5.63. The lowest BCUT2D eigenvalue weighted by Gasteiger charge is -2.28. The maximum absolute atomic E-state index is 12.2. The fraction of sp³-hybridized carbons (Fsp3) is 0.467. The van der Waals surface area contributed by atoms with Gasteiger partial charge in [0.15, 0.2) is 0 Å². The minimum atomic E-state index is -1.19. The molecule has 106 valence electrons. The van der Waals surface area contributed by atoms with Crippen LogP contribution in [0.5, 0.6) is 0 Å². The summed E-state index contributed by atoms with van der Waals surface area (Å²) in [5.41, 5.74) is 0.830. The highest BCUT2D eigenvalue weighted by atomic mass is 16.4. The summed E-state index contributed by atoms with van der Waals surface area (Å²) in [5.74, 6) is -0.957. The van der Waals surface area contributed by atoms with Crippen molar-refractivity contribution in [2.45, 2.75) is 31.2 Å². The van der Waals surface area contributed by atoms with Crippen LogP contribution in [0.25, 0.3) is 0 Å². The Hall–Kier alpha value is -2.04. The van der Waals surface area contributed by atoms with Crippen LogP contribution >= 0.6 is 0 Å². The minimum Gasteiger partial charge on any atom is -0.479 e. The van der Waals surface area contributed by atoms with Crippen LogP contribution in [0.4, 0.5) is 4.79 Å². The van der Waals surface area contributed by atoms with E-state index in [1.54, 1.807) is 4.90 Å². The van der Waals surface area contributed by atoms with Crippen molar-refractivity contribution in [3.8, 4) is 0 Å². The van der Waals surface area contributed by atoms with E-state index in [-0.39, 0.29) is 6.03 Å². The Morgan fingerprint density at radius 1 is 1.10 bits per heavy atom. The van der Waals surface area contributed by atoms with Crippen molar-refractivity contribution in [2.24, 2.45) is 0 Å². The van der Waals surface area contributed by atoms with Crippen LogP contribution in [0, 0.1) is 0 Å². The zero-order chi connectivity index (χ0) is 14.2. The Kier molecular flexibility index (Phi) is 3.12. The fourth-order valence-corrected chi connectivity index (χ4v) is 3.11. The summed E-state index contributed by atoms with van der Waals surface area (Å²) in [7, 11) is 0. The van der Waals surface area contributed by atoms with E-state index in [1.807, 2.05) is 24.3 Å². The number of carboxylic acids is 1. The molecule has 1 aromatic rings. The minimum absolute atomic E-state index is 0.252. The summed E-state index contributed by atoms with van der Waals surface area (Å²) >= 11 is 0. The molecule has 0 saturated carbocycles. The Balaban J connectivity index is 1.80. The monoisotopic (exact) mass is 274 g/mol. The molecule has 0 atom stereocenters. The van der Waals surface area contributed by atoms with Crippen LogP contribution in [0.1, 0.15) is 24.0 Å². The molecule has 0 bridgehead atoms. The molecule has 5 nitrogen and oxygen atoms in total. The standard InChI is InChI=1S/C15H18N2O3/c18-13(19)15(16-14(20)17-7-3-4-8-17)9-11-5-1-2-6-12(11)10-15/h1-2,5-6H,3-4,7-10H2,(H,16,20)(H,18,19). The van der Waals surface area contributed by atoms with Crippen molar-refractivity contribution < 1.29 is 14.7 Å². The van der Waals surface area contributed by atoms with Gasteiger partial charge in [-0.2, -0.15) is 0 Å². The number of rotatable bonds is 2. The van der Waals surface area contributed by atoms with Crippen LogP contribution < -0.4 is 5.32 Å². The molecule has 1 aliphatic heterocycles. The first-order valence-electron chi connectivity index (χ1n) is 6.98. The summed E-state index contributed by atoms with van der Waals surface area (Å²) in [6.45, 7) is 1.43. The van der Waals surface area contributed by atoms with Gasteiger partial charge in [0.2, 0.25) is 0 Å². The Labute approximate surface area is 117 Å². The predicted molar refractivity (Wildman–Crippen MR) is 73.6 cm³/mol. The van der Waals surface area contributed by atoms with Crippen molar-refractivity contribution in [3.05, 3.63) is 35.4 Å². The van der Waals surface area contributed by atoms with Gasteiger partial charge in [-0.1, -0.05) is 24.3 Å². The highest BCUT2D eigenvalue weighted by Gasteiger charge is 2.46. The molecular formula is C15H18N2O3. The molecule has 20 heavy (non-hydrogen) atoms. The number of carbonyl (C=O) groups excluding carboxylic acids is 1. The number of amides is 2. The molecule has 1 fully saturated rings. The maximum atomic E-state index is 12.2. The van der Waals surface area contributed by atoms with Gasteiger partial charge >= 0.3 is 12.0 Å². The predicted octanol–water partition coefficient (Wildman–Crippen LogP) is 1.41. The topological polar surface area (TPSA) is 69.6 Å². The molecule has 1 saturated heterocycles. The van der Waals surface area contributed by atoms with Gasteiger partial charge in [0, 0.05) is 25.9 Å². The third kappa shape index (κ3) is 2.13. The van der Waals surface area contributed by atoms with E-state index in [0.717, 1.165) is 24.0 Å². The number of hydrogen-bond acceptors (Lipinski definition) is 2. The van der Waals surface area contributed by atoms with E-state index in [2.05, 4.69) is 5.32 Å². The number of aliphatic carboxylic acids is 1. The SMILES string of the molecule is O=C(NC1(C(=O)O)Cc2ccccc2C1)N1CCCC1. The quantitative estimate of drug-likeness (QED) is 0.856. The molecule has 3 rings (SSSR count). The summed E-state index contributed by atoms with van der Waals surface area (Å²) in [5, 5.41) is 12.4. The molecule has 0 spiro atoms. The van der Waals surface area contributed by atoms with Crippen LogP contribution in [0.15, 0.2) is 24.3 Å². The normalized spacial score (nSPS) is 19.7. The van der Waals surface area contributed by atoms with Crippen molar-refractivity contribution in [2.75, 3.05) is 13.1 Å². The second-order valence-corrected chi connectivity index (χ2v) is 5.63. The van der Waals surface area contributed by atoms with Gasteiger partial charge in [0.05, 0.1) is 0 Å². The number of nitrogens with one attached hydrogen (secondary N) is 1. The third-order valence-electron chi connectivity index (χ3n) is 4.25. The molecule has 2 N–H and O–H groups in total. The van der Waals surface area contributed by atoms with E-state index < -0.39 is 11.5 Å². The number of benzene rings is 1. The number of carbonyl (C=O) groups is 2. The van der Waals surface area contributed by atoms with Gasteiger partial charge in [-0.3, -0.25) is 0 Å². The summed E-state index contributed by atoms with van der Waals surface area (Å²) in [4.78, 5) is 25.6. The molecule has 1 heterocycles. The summed E-state index contributed by atoms with van der Waals surface area (Å²) < 4.78 is 0. The van der Waals surface area contributed by atoms with Crippen molar-refractivity contribution in [3.63, 3.8) is 0 Å². The zero-order valence-electron chi connectivity index (χ0n) is 11.3. The van der Waals surface area contributed by atoms with Crippen molar-refractivity contribution >= 4 is 12.0 Å². The van der Waals surface area contributed by atoms with Gasteiger partial charge in [-0.25, -0.2) is 9.59 Å². The lowest BCUT2D eigenvalue weighted by atomic mass is 9.96. The lowest BCUT2D eigenvalue weighted by molar-refractivity contribution is -0.144. The smallest absolute Gasteiger partial charge is 0.330 e. The number of likely N-dealkylation sites (tertiary alicyclic amines) is 1.